The highest BCUT2D eigenvalue weighted by Crippen LogP contribution is 2.18. The van der Waals surface area contributed by atoms with E-state index in [1.165, 1.54) is 24.3 Å². The van der Waals surface area contributed by atoms with Crippen LogP contribution in [0.4, 0.5) is 4.39 Å². The van der Waals surface area contributed by atoms with Gasteiger partial charge in [0.25, 0.3) is 5.91 Å². The number of piperazine rings is 1. The van der Waals surface area contributed by atoms with Crippen molar-refractivity contribution in [3.05, 3.63) is 65.5 Å². The van der Waals surface area contributed by atoms with E-state index >= 15 is 0 Å². The third-order valence-corrected chi connectivity index (χ3v) is 4.42. The summed E-state index contributed by atoms with van der Waals surface area (Å²) in [6.45, 7) is 2.76. The van der Waals surface area contributed by atoms with Crippen molar-refractivity contribution in [2.24, 2.45) is 0 Å². The van der Waals surface area contributed by atoms with E-state index in [4.69, 9.17) is 0 Å². The average Bonchev–Trinajstić information content (AvgIpc) is 2.62. The van der Waals surface area contributed by atoms with E-state index in [0.29, 0.717) is 43.9 Å². The summed E-state index contributed by atoms with van der Waals surface area (Å²) in [6, 6.07) is 12.3. The lowest BCUT2D eigenvalue weighted by molar-refractivity contribution is 0.0526. The van der Waals surface area contributed by atoms with Crippen molar-refractivity contribution in [3.63, 3.8) is 0 Å². The molecule has 1 saturated heterocycles. The molecule has 1 atom stereocenters. The summed E-state index contributed by atoms with van der Waals surface area (Å²) in [5.41, 5.74) is 1.02. The topological polar surface area (TPSA) is 64.0 Å². The molecule has 0 saturated carbocycles. The Morgan fingerprint density at radius 2 is 1.80 bits per heavy atom. The van der Waals surface area contributed by atoms with E-state index in [1.54, 1.807) is 29.2 Å². The molecule has 132 valence electrons. The number of aromatic hydroxyl groups is 1. The first kappa shape index (κ1) is 17.4. The molecule has 0 unspecified atom stereocenters. The van der Waals surface area contributed by atoms with Crippen LogP contribution < -0.4 is 0 Å². The molecule has 1 heterocycles. The van der Waals surface area contributed by atoms with Gasteiger partial charge in [0, 0.05) is 38.3 Å². The fourth-order valence-electron chi connectivity index (χ4n) is 3.02. The van der Waals surface area contributed by atoms with Gasteiger partial charge in [-0.1, -0.05) is 18.2 Å². The normalized spacial score (nSPS) is 16.6. The van der Waals surface area contributed by atoms with Gasteiger partial charge < -0.3 is 15.1 Å². The predicted octanol–water partition coefficient (Wildman–Crippen LogP) is 2.02. The summed E-state index contributed by atoms with van der Waals surface area (Å²) < 4.78 is 13.2. The molecule has 1 aliphatic rings. The smallest absolute Gasteiger partial charge is 0.254 e. The number of aliphatic hydroxyl groups excluding tert-OH is 1. The van der Waals surface area contributed by atoms with Crippen molar-refractivity contribution in [1.82, 2.24) is 9.80 Å². The lowest BCUT2D eigenvalue weighted by Crippen LogP contribution is -2.49. The van der Waals surface area contributed by atoms with Crippen LogP contribution in [0.5, 0.6) is 5.75 Å². The largest absolute Gasteiger partial charge is 0.508 e. The quantitative estimate of drug-likeness (QED) is 0.891. The molecule has 0 radical (unpaired) electrons. The summed E-state index contributed by atoms with van der Waals surface area (Å²) in [5.74, 6) is -0.401. The number of aliphatic hydroxyl groups is 1. The zero-order chi connectivity index (χ0) is 17.8. The number of hydrogen-bond donors (Lipinski definition) is 2. The van der Waals surface area contributed by atoms with Crippen molar-refractivity contribution in [3.8, 4) is 5.75 Å². The third-order valence-electron chi connectivity index (χ3n) is 4.42. The van der Waals surface area contributed by atoms with Crippen LogP contribution in [0.1, 0.15) is 22.0 Å². The second-order valence-corrected chi connectivity index (χ2v) is 6.21. The molecule has 3 rings (SSSR count). The second-order valence-electron chi connectivity index (χ2n) is 6.21. The van der Waals surface area contributed by atoms with Crippen LogP contribution in [-0.4, -0.2) is 58.6 Å². The Balaban J connectivity index is 1.54. The van der Waals surface area contributed by atoms with Crippen LogP contribution in [-0.2, 0) is 0 Å². The first-order chi connectivity index (χ1) is 12.0. The Kier molecular flexibility index (Phi) is 5.31. The minimum absolute atomic E-state index is 0.0719. The number of halogens is 1. The van der Waals surface area contributed by atoms with E-state index in [-0.39, 0.29) is 17.5 Å². The highest BCUT2D eigenvalue weighted by molar-refractivity contribution is 5.94. The number of nitrogens with zero attached hydrogens (tertiary/aromatic N) is 2. The van der Waals surface area contributed by atoms with Gasteiger partial charge in [0.05, 0.1) is 6.10 Å². The summed E-state index contributed by atoms with van der Waals surface area (Å²) >= 11 is 0. The molecular formula is C19H21FN2O3. The number of carbonyl (C=O) groups excluding carboxylic acids is 1. The lowest BCUT2D eigenvalue weighted by atomic mass is 10.1. The monoisotopic (exact) mass is 344 g/mol. The predicted molar refractivity (Wildman–Crippen MR) is 91.8 cm³/mol. The van der Waals surface area contributed by atoms with Gasteiger partial charge in [-0.2, -0.15) is 0 Å². The van der Waals surface area contributed by atoms with Crippen molar-refractivity contribution in [2.75, 3.05) is 32.7 Å². The van der Waals surface area contributed by atoms with Crippen LogP contribution in [0.15, 0.2) is 48.5 Å². The average molecular weight is 344 g/mol. The Bertz CT molecular complexity index is 745. The molecule has 0 aliphatic carbocycles. The Morgan fingerprint density at radius 3 is 2.48 bits per heavy atom. The molecule has 2 N–H and O–H groups in total. The van der Waals surface area contributed by atoms with E-state index < -0.39 is 6.10 Å². The molecule has 2 aromatic rings. The molecular weight excluding hydrogens is 323 g/mol. The van der Waals surface area contributed by atoms with Gasteiger partial charge in [0.2, 0.25) is 0 Å². The fourth-order valence-corrected chi connectivity index (χ4v) is 3.02. The number of phenols is 1. The molecule has 6 heteroatoms. The molecule has 0 spiro atoms. The van der Waals surface area contributed by atoms with Gasteiger partial charge in [-0.25, -0.2) is 4.39 Å². The van der Waals surface area contributed by atoms with Crippen LogP contribution in [0.3, 0.4) is 0 Å². The molecule has 1 amide bonds. The van der Waals surface area contributed by atoms with Gasteiger partial charge in [-0.15, -0.1) is 0 Å². The standard InChI is InChI=1S/C19H21FN2O3/c20-16-5-1-3-14(11-16)18(24)13-21-7-9-22(10-8-21)19(25)15-4-2-6-17(23)12-15/h1-6,11-12,18,23-24H,7-10,13H2/t18-/m0/s1. The van der Waals surface area contributed by atoms with E-state index in [9.17, 15) is 19.4 Å². The summed E-state index contributed by atoms with van der Waals surface area (Å²) in [4.78, 5) is 16.2. The first-order valence-electron chi connectivity index (χ1n) is 8.27. The molecule has 0 bridgehead atoms. The number of amides is 1. The molecule has 2 aromatic carbocycles. The van der Waals surface area contributed by atoms with Crippen LogP contribution >= 0.6 is 0 Å². The van der Waals surface area contributed by atoms with Crippen molar-refractivity contribution < 1.29 is 19.4 Å². The molecule has 1 aliphatic heterocycles. The van der Waals surface area contributed by atoms with Gasteiger partial charge >= 0.3 is 0 Å². The molecule has 5 nitrogen and oxygen atoms in total. The lowest BCUT2D eigenvalue weighted by Gasteiger charge is -2.35. The van der Waals surface area contributed by atoms with Gasteiger partial charge in [-0.3, -0.25) is 9.69 Å². The van der Waals surface area contributed by atoms with E-state index in [0.717, 1.165) is 0 Å². The summed E-state index contributed by atoms with van der Waals surface area (Å²) in [7, 11) is 0. The zero-order valence-corrected chi connectivity index (χ0v) is 13.8. The summed E-state index contributed by atoms with van der Waals surface area (Å²) in [5, 5.41) is 19.8. The Labute approximate surface area is 145 Å². The van der Waals surface area contributed by atoms with Crippen LogP contribution in [0, 0.1) is 5.82 Å². The van der Waals surface area contributed by atoms with Crippen molar-refractivity contribution in [1.29, 1.82) is 0 Å². The highest BCUT2D eigenvalue weighted by Gasteiger charge is 2.24. The number of benzene rings is 2. The minimum atomic E-state index is -0.760. The van der Waals surface area contributed by atoms with Gasteiger partial charge in [0.1, 0.15) is 11.6 Å². The Morgan fingerprint density at radius 1 is 1.08 bits per heavy atom. The van der Waals surface area contributed by atoms with Crippen molar-refractivity contribution >= 4 is 5.91 Å². The van der Waals surface area contributed by atoms with Crippen LogP contribution in [0.25, 0.3) is 0 Å². The third kappa shape index (κ3) is 4.35. The second kappa shape index (κ2) is 7.63. The maximum Gasteiger partial charge on any atom is 0.254 e. The Hall–Kier alpha value is -2.44. The first-order valence-corrected chi connectivity index (χ1v) is 8.27. The number of hydrogen-bond acceptors (Lipinski definition) is 4. The minimum Gasteiger partial charge on any atom is -0.508 e. The SMILES string of the molecule is O=C(c1cccc(O)c1)N1CCN(C[C@H](O)c2cccc(F)c2)CC1. The molecule has 25 heavy (non-hydrogen) atoms. The number of carbonyl (C=O) groups is 1. The van der Waals surface area contributed by atoms with E-state index in [1.807, 2.05) is 0 Å². The van der Waals surface area contributed by atoms with E-state index in [2.05, 4.69) is 4.90 Å². The maximum absolute atomic E-state index is 13.2. The molecule has 1 fully saturated rings. The fraction of sp³-hybridized carbons (Fsp3) is 0.316. The summed E-state index contributed by atoms with van der Waals surface area (Å²) in [6.07, 6.45) is -0.760. The van der Waals surface area contributed by atoms with Crippen molar-refractivity contribution in [2.45, 2.75) is 6.10 Å². The highest BCUT2D eigenvalue weighted by atomic mass is 19.1. The molecule has 0 aromatic heterocycles. The zero-order valence-electron chi connectivity index (χ0n) is 13.8. The number of β-amino-alcohol motifs (C(OH)–C–C–N with tert-alkyl or cyclic N) is 1. The number of rotatable bonds is 4. The number of phenolic OH excluding ortho intramolecular Hbond substituents is 1. The van der Waals surface area contributed by atoms with Gasteiger partial charge in [0.15, 0.2) is 0 Å². The van der Waals surface area contributed by atoms with Crippen LogP contribution in [0.2, 0.25) is 0 Å². The van der Waals surface area contributed by atoms with Gasteiger partial charge in [-0.05, 0) is 35.9 Å². The maximum atomic E-state index is 13.2.